The van der Waals surface area contributed by atoms with Gasteiger partial charge in [-0.2, -0.15) is 0 Å². The fourth-order valence-electron chi connectivity index (χ4n) is 4.64. The quantitative estimate of drug-likeness (QED) is 0.562. The van der Waals surface area contributed by atoms with Gasteiger partial charge in [0.05, 0.1) is 31.4 Å². The third-order valence-electron chi connectivity index (χ3n) is 6.53. The van der Waals surface area contributed by atoms with Crippen LogP contribution < -0.4 is 0 Å². The van der Waals surface area contributed by atoms with Crippen molar-refractivity contribution in [3.05, 3.63) is 35.6 Å². The Bertz CT molecular complexity index is 891. The number of esters is 1. The lowest BCUT2D eigenvalue weighted by Crippen LogP contribution is -2.50. The zero-order valence-corrected chi connectivity index (χ0v) is 20.0. The summed E-state index contributed by atoms with van der Waals surface area (Å²) in [4.78, 5) is 55.4. The lowest BCUT2D eigenvalue weighted by atomic mass is 9.95. The average Bonchev–Trinajstić information content (AvgIpc) is 2.85. The molecule has 186 valence electrons. The fourth-order valence-corrected chi connectivity index (χ4v) is 4.64. The molecular formula is C25H34FN3O5. The molecule has 0 spiro atoms. The number of carbonyl (C=O) groups is 4. The summed E-state index contributed by atoms with van der Waals surface area (Å²) in [5.41, 5.74) is 0.727. The first-order chi connectivity index (χ1) is 16.3. The van der Waals surface area contributed by atoms with Gasteiger partial charge in [0.25, 0.3) is 0 Å². The number of nitrogens with zero attached hydrogens (tertiary/aromatic N) is 3. The molecule has 3 rings (SSSR count). The predicted octanol–water partition coefficient (Wildman–Crippen LogP) is 1.87. The van der Waals surface area contributed by atoms with Gasteiger partial charge in [-0.25, -0.2) is 4.39 Å². The summed E-state index contributed by atoms with van der Waals surface area (Å²) in [5, 5.41) is 0. The second kappa shape index (κ2) is 11.9. The molecule has 34 heavy (non-hydrogen) atoms. The summed E-state index contributed by atoms with van der Waals surface area (Å²) in [6, 6.07) is 5.83. The van der Waals surface area contributed by atoms with Crippen molar-refractivity contribution in [3.63, 3.8) is 0 Å². The van der Waals surface area contributed by atoms with Crippen LogP contribution in [0.2, 0.25) is 0 Å². The van der Waals surface area contributed by atoms with Crippen LogP contribution in [-0.4, -0.2) is 84.8 Å². The monoisotopic (exact) mass is 475 g/mol. The van der Waals surface area contributed by atoms with Crippen molar-refractivity contribution >= 4 is 23.7 Å². The number of rotatable bonds is 7. The Balaban J connectivity index is 1.51. The average molecular weight is 476 g/mol. The van der Waals surface area contributed by atoms with Gasteiger partial charge in [-0.1, -0.05) is 12.1 Å². The molecule has 2 heterocycles. The molecule has 2 atom stereocenters. The van der Waals surface area contributed by atoms with Crippen molar-refractivity contribution in [2.75, 3.05) is 46.4 Å². The highest BCUT2D eigenvalue weighted by Crippen LogP contribution is 2.21. The van der Waals surface area contributed by atoms with Crippen molar-refractivity contribution in [3.8, 4) is 0 Å². The van der Waals surface area contributed by atoms with E-state index < -0.39 is 0 Å². The van der Waals surface area contributed by atoms with Gasteiger partial charge in [0.2, 0.25) is 17.7 Å². The first-order valence-electron chi connectivity index (χ1n) is 12.0. The van der Waals surface area contributed by atoms with Gasteiger partial charge in [0.15, 0.2) is 0 Å². The molecule has 0 N–H and O–H groups in total. The smallest absolute Gasteiger partial charge is 0.310 e. The number of piperidine rings is 2. The first kappa shape index (κ1) is 25.6. The van der Waals surface area contributed by atoms with E-state index in [9.17, 15) is 23.6 Å². The Labute approximate surface area is 200 Å². The van der Waals surface area contributed by atoms with Crippen LogP contribution in [-0.2, 0) is 30.3 Å². The lowest BCUT2D eigenvalue weighted by molar-refractivity contribution is -0.152. The minimum absolute atomic E-state index is 0.0611. The first-order valence-corrected chi connectivity index (χ1v) is 12.0. The molecule has 1 aromatic carbocycles. The second-order valence-corrected chi connectivity index (χ2v) is 9.11. The molecule has 2 aliphatic rings. The topological polar surface area (TPSA) is 87.2 Å². The largest absolute Gasteiger partial charge is 0.466 e. The van der Waals surface area contributed by atoms with Crippen LogP contribution in [0, 0.1) is 17.7 Å². The van der Waals surface area contributed by atoms with Crippen molar-refractivity contribution < 1.29 is 28.3 Å². The van der Waals surface area contributed by atoms with E-state index >= 15 is 0 Å². The van der Waals surface area contributed by atoms with Gasteiger partial charge >= 0.3 is 5.97 Å². The van der Waals surface area contributed by atoms with Crippen molar-refractivity contribution in [2.24, 2.45) is 11.8 Å². The number of likely N-dealkylation sites (tertiary alicyclic amines) is 2. The van der Waals surface area contributed by atoms with Gasteiger partial charge in [0.1, 0.15) is 5.82 Å². The fraction of sp³-hybridized carbons (Fsp3) is 0.600. The zero-order chi connectivity index (χ0) is 24.7. The van der Waals surface area contributed by atoms with E-state index in [-0.39, 0.29) is 54.3 Å². The second-order valence-electron chi connectivity index (χ2n) is 9.11. The van der Waals surface area contributed by atoms with E-state index in [0.717, 1.165) is 12.0 Å². The maximum absolute atomic E-state index is 13.1. The van der Waals surface area contributed by atoms with Crippen LogP contribution in [0.5, 0.6) is 0 Å². The molecule has 0 aliphatic carbocycles. The SMILES string of the molecule is CCOC(=O)C1CCCN(C(=O)CN(C)C(=O)C2CCCN(C(=O)Cc3ccc(F)cc3)C2)C1. The molecule has 0 saturated carbocycles. The molecule has 2 saturated heterocycles. The summed E-state index contributed by atoms with van der Waals surface area (Å²) in [7, 11) is 1.60. The van der Waals surface area contributed by atoms with Crippen LogP contribution in [0.15, 0.2) is 24.3 Å². The Morgan fingerprint density at radius 2 is 1.56 bits per heavy atom. The lowest BCUT2D eigenvalue weighted by Gasteiger charge is -2.35. The highest BCUT2D eigenvalue weighted by atomic mass is 19.1. The predicted molar refractivity (Wildman–Crippen MR) is 123 cm³/mol. The molecular weight excluding hydrogens is 441 g/mol. The van der Waals surface area contributed by atoms with Crippen LogP contribution in [0.25, 0.3) is 0 Å². The van der Waals surface area contributed by atoms with Crippen molar-refractivity contribution in [2.45, 2.75) is 39.0 Å². The highest BCUT2D eigenvalue weighted by Gasteiger charge is 2.33. The third-order valence-corrected chi connectivity index (χ3v) is 6.53. The normalized spacial score (nSPS) is 20.6. The van der Waals surface area contributed by atoms with E-state index in [1.807, 2.05) is 0 Å². The van der Waals surface area contributed by atoms with E-state index in [1.165, 1.54) is 17.0 Å². The standard InChI is InChI=1S/C25H34FN3O5/c1-3-34-25(33)20-7-5-13-29(16-20)23(31)17-27(2)24(32)19-6-4-12-28(15-19)22(30)14-18-8-10-21(26)11-9-18/h8-11,19-20H,3-7,12-17H2,1-2H3. The summed E-state index contributed by atoms with van der Waals surface area (Å²) in [5.74, 6) is -1.76. The Morgan fingerprint density at radius 1 is 0.971 bits per heavy atom. The zero-order valence-electron chi connectivity index (χ0n) is 20.0. The minimum Gasteiger partial charge on any atom is -0.466 e. The van der Waals surface area contributed by atoms with Crippen molar-refractivity contribution in [1.82, 2.24) is 14.7 Å². The Morgan fingerprint density at radius 3 is 2.21 bits per heavy atom. The third kappa shape index (κ3) is 6.77. The maximum atomic E-state index is 13.1. The summed E-state index contributed by atoms with van der Waals surface area (Å²) in [6.07, 6.45) is 2.95. The molecule has 3 amide bonds. The van der Waals surface area contributed by atoms with E-state index in [1.54, 1.807) is 35.9 Å². The molecule has 1 aromatic rings. The van der Waals surface area contributed by atoms with Crippen LogP contribution >= 0.6 is 0 Å². The molecule has 2 fully saturated rings. The number of benzene rings is 1. The van der Waals surface area contributed by atoms with Gasteiger partial charge in [0, 0.05) is 33.2 Å². The summed E-state index contributed by atoms with van der Waals surface area (Å²) >= 11 is 0. The molecule has 0 radical (unpaired) electrons. The van der Waals surface area contributed by atoms with Gasteiger partial charge in [-0.15, -0.1) is 0 Å². The van der Waals surface area contributed by atoms with E-state index in [2.05, 4.69) is 0 Å². The number of ether oxygens (including phenoxy) is 1. The molecule has 9 heteroatoms. The van der Waals surface area contributed by atoms with Crippen LogP contribution in [0.1, 0.15) is 38.2 Å². The number of hydrogen-bond donors (Lipinski definition) is 0. The number of likely N-dealkylation sites (N-methyl/N-ethyl adjacent to an activating group) is 1. The number of amides is 3. The highest BCUT2D eigenvalue weighted by molar-refractivity contribution is 5.87. The minimum atomic E-state index is -0.364. The summed E-state index contributed by atoms with van der Waals surface area (Å²) < 4.78 is 18.2. The molecule has 0 aromatic heterocycles. The van der Waals surface area contributed by atoms with E-state index in [4.69, 9.17) is 4.74 Å². The van der Waals surface area contributed by atoms with Crippen LogP contribution in [0.4, 0.5) is 4.39 Å². The molecule has 0 bridgehead atoms. The van der Waals surface area contributed by atoms with Gasteiger partial charge < -0.3 is 19.4 Å². The Hall–Kier alpha value is -2.97. The molecule has 2 aliphatic heterocycles. The van der Waals surface area contributed by atoms with Crippen molar-refractivity contribution in [1.29, 1.82) is 0 Å². The number of carbonyl (C=O) groups excluding carboxylic acids is 4. The Kier molecular flexibility index (Phi) is 9.01. The maximum Gasteiger partial charge on any atom is 0.310 e. The van der Waals surface area contributed by atoms with E-state index in [0.29, 0.717) is 52.0 Å². The molecule has 8 nitrogen and oxygen atoms in total. The molecule has 2 unspecified atom stereocenters. The number of halogens is 1. The van der Waals surface area contributed by atoms with Gasteiger partial charge in [-0.3, -0.25) is 19.2 Å². The number of hydrogen-bond acceptors (Lipinski definition) is 5. The van der Waals surface area contributed by atoms with Crippen LogP contribution in [0.3, 0.4) is 0 Å². The van der Waals surface area contributed by atoms with Gasteiger partial charge in [-0.05, 0) is 50.3 Å². The summed E-state index contributed by atoms with van der Waals surface area (Å²) in [6.45, 7) is 3.77.